The van der Waals surface area contributed by atoms with Gasteiger partial charge in [0.25, 0.3) is 0 Å². The molecule has 1 aliphatic rings. The molecule has 0 unspecified atom stereocenters. The minimum Gasteiger partial charge on any atom is -0.314 e. The van der Waals surface area contributed by atoms with E-state index in [0.717, 1.165) is 31.3 Å². The summed E-state index contributed by atoms with van der Waals surface area (Å²) in [7, 11) is 0. The normalized spacial score (nSPS) is 17.6. The number of nitrogens with zero attached hydrogens (tertiary/aromatic N) is 1. The van der Waals surface area contributed by atoms with Crippen molar-refractivity contribution in [3.63, 3.8) is 0 Å². The SMILES string of the molecule is C[C@H](c1cc(F)ccc1C(F)(F)F)N1CCNCC1.Cl.Cl. The first-order valence-corrected chi connectivity index (χ1v) is 6.21. The summed E-state index contributed by atoms with van der Waals surface area (Å²) < 4.78 is 52.1. The van der Waals surface area contributed by atoms with Crippen LogP contribution in [0.4, 0.5) is 17.6 Å². The van der Waals surface area contributed by atoms with Crippen molar-refractivity contribution in [1.82, 2.24) is 10.2 Å². The molecule has 0 aromatic heterocycles. The molecule has 21 heavy (non-hydrogen) atoms. The van der Waals surface area contributed by atoms with Crippen LogP contribution in [0.15, 0.2) is 18.2 Å². The lowest BCUT2D eigenvalue weighted by Crippen LogP contribution is -2.44. The van der Waals surface area contributed by atoms with Crippen LogP contribution >= 0.6 is 24.8 Å². The summed E-state index contributed by atoms with van der Waals surface area (Å²) in [5.41, 5.74) is -0.741. The molecule has 2 nitrogen and oxygen atoms in total. The van der Waals surface area contributed by atoms with E-state index in [2.05, 4.69) is 5.32 Å². The van der Waals surface area contributed by atoms with E-state index < -0.39 is 23.6 Å². The maximum Gasteiger partial charge on any atom is 0.416 e. The van der Waals surface area contributed by atoms with Crippen molar-refractivity contribution >= 4 is 24.8 Å². The Morgan fingerprint density at radius 3 is 2.24 bits per heavy atom. The Kier molecular flexibility index (Phi) is 7.95. The van der Waals surface area contributed by atoms with Gasteiger partial charge in [0.1, 0.15) is 5.82 Å². The van der Waals surface area contributed by atoms with Gasteiger partial charge in [0.05, 0.1) is 5.56 Å². The van der Waals surface area contributed by atoms with Crippen LogP contribution in [-0.4, -0.2) is 31.1 Å². The number of benzene rings is 1. The van der Waals surface area contributed by atoms with Crippen molar-refractivity contribution < 1.29 is 17.6 Å². The highest BCUT2D eigenvalue weighted by Crippen LogP contribution is 2.36. The maximum absolute atomic E-state index is 13.3. The standard InChI is InChI=1S/C13H16F4N2.2ClH/c1-9(19-6-4-18-5-7-19)11-8-10(14)2-3-12(11)13(15,16)17;;/h2-3,8-9,18H,4-7H2,1H3;2*1H/t9-;;/m1../s1. The second-order valence-electron chi connectivity index (χ2n) is 4.69. The topological polar surface area (TPSA) is 15.3 Å². The third kappa shape index (κ3) is 4.98. The first-order chi connectivity index (χ1) is 8.89. The summed E-state index contributed by atoms with van der Waals surface area (Å²) in [4.78, 5) is 1.93. The van der Waals surface area contributed by atoms with Crippen molar-refractivity contribution in [2.45, 2.75) is 19.1 Å². The average Bonchev–Trinajstić information content (AvgIpc) is 2.37. The molecule has 0 spiro atoms. The number of hydrogen-bond acceptors (Lipinski definition) is 2. The van der Waals surface area contributed by atoms with Gasteiger partial charge in [-0.3, -0.25) is 4.90 Å². The summed E-state index contributed by atoms with van der Waals surface area (Å²) in [6, 6.07) is 2.23. The molecule has 1 saturated heterocycles. The predicted octanol–water partition coefficient (Wildman–Crippen LogP) is 3.65. The largest absolute Gasteiger partial charge is 0.416 e. The van der Waals surface area contributed by atoms with E-state index in [1.54, 1.807) is 6.92 Å². The third-order valence-corrected chi connectivity index (χ3v) is 3.47. The number of nitrogens with one attached hydrogen (secondary N) is 1. The van der Waals surface area contributed by atoms with Crippen LogP contribution in [0.2, 0.25) is 0 Å². The fraction of sp³-hybridized carbons (Fsp3) is 0.538. The molecule has 0 bridgehead atoms. The lowest BCUT2D eigenvalue weighted by atomic mass is 9.99. The molecule has 0 radical (unpaired) electrons. The molecule has 0 aliphatic carbocycles. The van der Waals surface area contributed by atoms with E-state index in [0.29, 0.717) is 13.1 Å². The highest BCUT2D eigenvalue weighted by Gasteiger charge is 2.35. The summed E-state index contributed by atoms with van der Waals surface area (Å²) >= 11 is 0. The first kappa shape index (κ1) is 20.4. The van der Waals surface area contributed by atoms with E-state index >= 15 is 0 Å². The smallest absolute Gasteiger partial charge is 0.314 e. The van der Waals surface area contributed by atoms with Crippen LogP contribution in [0.3, 0.4) is 0 Å². The minimum absolute atomic E-state index is 0. The van der Waals surface area contributed by atoms with Gasteiger partial charge in [-0.2, -0.15) is 13.2 Å². The second-order valence-corrected chi connectivity index (χ2v) is 4.69. The number of alkyl halides is 3. The zero-order valence-electron chi connectivity index (χ0n) is 11.4. The molecular weight excluding hydrogens is 331 g/mol. The molecule has 1 aliphatic heterocycles. The lowest BCUT2D eigenvalue weighted by molar-refractivity contribution is -0.138. The molecule has 1 aromatic rings. The van der Waals surface area contributed by atoms with Crippen LogP contribution < -0.4 is 5.32 Å². The van der Waals surface area contributed by atoms with Crippen molar-refractivity contribution in [3.8, 4) is 0 Å². The first-order valence-electron chi connectivity index (χ1n) is 6.21. The third-order valence-electron chi connectivity index (χ3n) is 3.47. The van der Waals surface area contributed by atoms with E-state index in [1.165, 1.54) is 0 Å². The highest BCUT2D eigenvalue weighted by molar-refractivity contribution is 5.85. The predicted molar refractivity (Wildman–Crippen MR) is 78.8 cm³/mol. The summed E-state index contributed by atoms with van der Waals surface area (Å²) in [5.74, 6) is -0.634. The van der Waals surface area contributed by atoms with Crippen LogP contribution in [-0.2, 0) is 6.18 Å². The van der Waals surface area contributed by atoms with E-state index in [9.17, 15) is 17.6 Å². The lowest BCUT2D eigenvalue weighted by Gasteiger charge is -2.34. The van der Waals surface area contributed by atoms with Gasteiger partial charge in [-0.1, -0.05) is 0 Å². The van der Waals surface area contributed by atoms with Gasteiger partial charge in [-0.25, -0.2) is 4.39 Å². The van der Waals surface area contributed by atoms with Crippen LogP contribution in [0.5, 0.6) is 0 Å². The fourth-order valence-corrected chi connectivity index (χ4v) is 2.40. The van der Waals surface area contributed by atoms with E-state index in [-0.39, 0.29) is 30.4 Å². The Balaban J connectivity index is 0.00000200. The summed E-state index contributed by atoms with van der Waals surface area (Å²) in [6.07, 6.45) is -4.45. The van der Waals surface area contributed by atoms with Crippen molar-refractivity contribution in [2.24, 2.45) is 0 Å². The molecule has 8 heteroatoms. The Labute approximate surface area is 133 Å². The van der Waals surface area contributed by atoms with Crippen molar-refractivity contribution in [1.29, 1.82) is 0 Å². The monoisotopic (exact) mass is 348 g/mol. The average molecular weight is 349 g/mol. The molecular formula is C13H18Cl2F4N2. The Morgan fingerprint density at radius 1 is 1.14 bits per heavy atom. The molecule has 1 atom stereocenters. The summed E-state index contributed by atoms with van der Waals surface area (Å²) in [5, 5.41) is 3.14. The summed E-state index contributed by atoms with van der Waals surface area (Å²) in [6.45, 7) is 4.49. The highest BCUT2D eigenvalue weighted by atomic mass is 35.5. The Bertz CT molecular complexity index is 448. The molecule has 0 amide bonds. The van der Waals surface area contributed by atoms with E-state index in [4.69, 9.17) is 0 Å². The fourth-order valence-electron chi connectivity index (χ4n) is 2.40. The number of rotatable bonds is 2. The number of piperazine rings is 1. The van der Waals surface area contributed by atoms with Gasteiger partial charge >= 0.3 is 6.18 Å². The number of halogens is 6. The van der Waals surface area contributed by atoms with Crippen LogP contribution in [0, 0.1) is 5.82 Å². The van der Waals surface area contributed by atoms with Crippen LogP contribution in [0.1, 0.15) is 24.1 Å². The quantitative estimate of drug-likeness (QED) is 0.820. The molecule has 1 heterocycles. The van der Waals surface area contributed by atoms with Gasteiger partial charge in [-0.05, 0) is 30.7 Å². The van der Waals surface area contributed by atoms with Crippen molar-refractivity contribution in [2.75, 3.05) is 26.2 Å². The minimum atomic E-state index is -4.45. The zero-order chi connectivity index (χ0) is 14.0. The van der Waals surface area contributed by atoms with Gasteiger partial charge in [0, 0.05) is 32.2 Å². The van der Waals surface area contributed by atoms with Gasteiger partial charge < -0.3 is 5.32 Å². The zero-order valence-corrected chi connectivity index (χ0v) is 13.0. The molecule has 1 aromatic carbocycles. The van der Waals surface area contributed by atoms with Gasteiger partial charge in [-0.15, -0.1) is 24.8 Å². The Hall–Kier alpha value is -0.560. The Morgan fingerprint density at radius 2 is 1.71 bits per heavy atom. The number of hydrogen-bond donors (Lipinski definition) is 1. The molecule has 122 valence electrons. The second kappa shape index (κ2) is 8.17. The van der Waals surface area contributed by atoms with Gasteiger partial charge in [0.15, 0.2) is 0 Å². The molecule has 1 N–H and O–H groups in total. The molecule has 2 rings (SSSR count). The molecule has 1 fully saturated rings. The van der Waals surface area contributed by atoms with Gasteiger partial charge in [0.2, 0.25) is 0 Å². The van der Waals surface area contributed by atoms with Crippen molar-refractivity contribution in [3.05, 3.63) is 35.1 Å². The van der Waals surface area contributed by atoms with Crippen LogP contribution in [0.25, 0.3) is 0 Å². The van der Waals surface area contributed by atoms with E-state index in [1.807, 2.05) is 4.90 Å². The maximum atomic E-state index is 13.3. The molecule has 0 saturated carbocycles.